The van der Waals surface area contributed by atoms with Crippen molar-refractivity contribution in [2.24, 2.45) is 11.8 Å². The van der Waals surface area contributed by atoms with Crippen molar-refractivity contribution in [3.05, 3.63) is 0 Å². The molecule has 0 bridgehead atoms. The molecule has 0 spiro atoms. The minimum absolute atomic E-state index is 0.0298. The van der Waals surface area contributed by atoms with E-state index in [2.05, 4.69) is 19.2 Å². The van der Waals surface area contributed by atoms with Crippen LogP contribution in [0, 0.1) is 11.8 Å². The van der Waals surface area contributed by atoms with E-state index in [0.29, 0.717) is 17.9 Å². The number of nitrogens with one attached hydrogen (secondary N) is 1. The summed E-state index contributed by atoms with van der Waals surface area (Å²) in [5.74, 6) is 1.34. The molecule has 0 amide bonds. The van der Waals surface area contributed by atoms with Crippen molar-refractivity contribution in [2.75, 3.05) is 7.11 Å². The van der Waals surface area contributed by atoms with Gasteiger partial charge >= 0.3 is 5.97 Å². The van der Waals surface area contributed by atoms with Crippen LogP contribution in [-0.2, 0) is 9.53 Å². The van der Waals surface area contributed by atoms with Crippen LogP contribution in [0.4, 0.5) is 0 Å². The first-order valence-electron chi connectivity index (χ1n) is 8.42. The Kier molecular flexibility index (Phi) is 5.48. The summed E-state index contributed by atoms with van der Waals surface area (Å²) < 4.78 is 5.16. The quantitative estimate of drug-likeness (QED) is 0.781. The second-order valence-electron chi connectivity index (χ2n) is 7.29. The predicted molar refractivity (Wildman–Crippen MR) is 81.6 cm³/mol. The van der Waals surface area contributed by atoms with E-state index >= 15 is 0 Å². The van der Waals surface area contributed by atoms with Crippen LogP contribution in [0.15, 0.2) is 0 Å². The number of ether oxygens (including phenoxy) is 1. The zero-order valence-electron chi connectivity index (χ0n) is 13.4. The van der Waals surface area contributed by atoms with Crippen molar-refractivity contribution < 1.29 is 9.53 Å². The van der Waals surface area contributed by atoms with Crippen LogP contribution in [0.3, 0.4) is 0 Å². The van der Waals surface area contributed by atoms with Crippen LogP contribution in [-0.4, -0.2) is 24.7 Å². The average molecular weight is 281 g/mol. The minimum Gasteiger partial charge on any atom is -0.468 e. The molecular weight excluding hydrogens is 250 g/mol. The fraction of sp³-hybridized carbons (Fsp3) is 0.941. The number of hydrogen-bond acceptors (Lipinski definition) is 3. The number of esters is 1. The van der Waals surface area contributed by atoms with Crippen molar-refractivity contribution in [2.45, 2.75) is 83.2 Å². The van der Waals surface area contributed by atoms with Crippen molar-refractivity contribution in [1.82, 2.24) is 5.32 Å². The van der Waals surface area contributed by atoms with E-state index in [1.807, 2.05) is 0 Å². The van der Waals surface area contributed by atoms with Crippen LogP contribution in [0.5, 0.6) is 0 Å². The van der Waals surface area contributed by atoms with Gasteiger partial charge in [0, 0.05) is 6.04 Å². The molecule has 116 valence electrons. The molecule has 0 aromatic heterocycles. The maximum atomic E-state index is 12.4. The summed E-state index contributed by atoms with van der Waals surface area (Å²) in [6.07, 6.45) is 10.6. The third-order valence-corrected chi connectivity index (χ3v) is 5.07. The lowest BCUT2D eigenvalue weighted by atomic mass is 9.72. The molecule has 0 aliphatic heterocycles. The smallest absolute Gasteiger partial charge is 0.326 e. The molecule has 2 saturated carbocycles. The van der Waals surface area contributed by atoms with Gasteiger partial charge in [-0.15, -0.1) is 0 Å². The number of carbonyl (C=O) groups excluding carboxylic acids is 1. The first kappa shape index (κ1) is 15.8. The summed E-state index contributed by atoms with van der Waals surface area (Å²) in [6.45, 7) is 4.55. The number of methoxy groups -OCH3 is 1. The Hall–Kier alpha value is -0.570. The zero-order chi connectivity index (χ0) is 14.6. The molecule has 0 saturated heterocycles. The maximum Gasteiger partial charge on any atom is 0.326 e. The highest BCUT2D eigenvalue weighted by Crippen LogP contribution is 2.38. The average Bonchev–Trinajstić information content (AvgIpc) is 2.90. The Morgan fingerprint density at radius 3 is 2.55 bits per heavy atom. The summed E-state index contributed by atoms with van der Waals surface area (Å²) in [4.78, 5) is 12.4. The maximum absolute atomic E-state index is 12.4. The van der Waals surface area contributed by atoms with E-state index in [4.69, 9.17) is 4.74 Å². The third kappa shape index (κ3) is 3.75. The van der Waals surface area contributed by atoms with Crippen LogP contribution in [0.25, 0.3) is 0 Å². The Morgan fingerprint density at radius 1 is 1.25 bits per heavy atom. The molecule has 2 fully saturated rings. The second kappa shape index (κ2) is 6.93. The SMILES string of the molecule is COC(=O)C1(NC2CCCC2)CCCC(CC(C)C)C1. The summed E-state index contributed by atoms with van der Waals surface area (Å²) >= 11 is 0. The van der Waals surface area contributed by atoms with E-state index in [1.165, 1.54) is 45.6 Å². The van der Waals surface area contributed by atoms with E-state index in [9.17, 15) is 4.79 Å². The molecule has 2 aliphatic carbocycles. The van der Waals surface area contributed by atoms with Gasteiger partial charge in [0.15, 0.2) is 0 Å². The number of rotatable bonds is 5. The van der Waals surface area contributed by atoms with Crippen molar-refractivity contribution in [1.29, 1.82) is 0 Å². The first-order valence-corrected chi connectivity index (χ1v) is 8.42. The van der Waals surface area contributed by atoms with Gasteiger partial charge < -0.3 is 4.74 Å². The lowest BCUT2D eigenvalue weighted by Crippen LogP contribution is -2.58. The van der Waals surface area contributed by atoms with Crippen LogP contribution >= 0.6 is 0 Å². The van der Waals surface area contributed by atoms with Gasteiger partial charge in [-0.3, -0.25) is 10.1 Å². The normalized spacial score (nSPS) is 31.7. The fourth-order valence-electron chi connectivity index (χ4n) is 4.29. The van der Waals surface area contributed by atoms with Crippen LogP contribution < -0.4 is 5.32 Å². The standard InChI is InChI=1S/C17H31NO2/c1-13(2)11-14-7-6-10-17(12-14,16(19)20-3)18-15-8-4-5-9-15/h13-15,18H,4-12H2,1-3H3. The molecule has 3 nitrogen and oxygen atoms in total. The molecule has 0 aromatic carbocycles. The van der Waals surface area contributed by atoms with E-state index in [1.54, 1.807) is 0 Å². The zero-order valence-corrected chi connectivity index (χ0v) is 13.4. The molecule has 1 N–H and O–H groups in total. The highest BCUT2D eigenvalue weighted by atomic mass is 16.5. The number of hydrogen-bond donors (Lipinski definition) is 1. The number of carbonyl (C=O) groups is 1. The second-order valence-corrected chi connectivity index (χ2v) is 7.29. The van der Waals surface area contributed by atoms with Crippen molar-refractivity contribution in [3.8, 4) is 0 Å². The first-order chi connectivity index (χ1) is 9.55. The van der Waals surface area contributed by atoms with E-state index in [-0.39, 0.29) is 5.97 Å². The Morgan fingerprint density at radius 2 is 1.95 bits per heavy atom. The molecule has 0 radical (unpaired) electrons. The lowest BCUT2D eigenvalue weighted by Gasteiger charge is -2.41. The van der Waals surface area contributed by atoms with Gasteiger partial charge in [0.1, 0.15) is 5.54 Å². The summed E-state index contributed by atoms with van der Waals surface area (Å²) in [6, 6.07) is 0.520. The molecule has 2 aliphatic rings. The molecule has 20 heavy (non-hydrogen) atoms. The van der Waals surface area contributed by atoms with Gasteiger partial charge in [-0.25, -0.2) is 0 Å². The highest BCUT2D eigenvalue weighted by molar-refractivity contribution is 5.81. The molecule has 2 rings (SSSR count). The Bertz CT molecular complexity index is 323. The molecule has 0 heterocycles. The monoisotopic (exact) mass is 281 g/mol. The van der Waals surface area contributed by atoms with Crippen LogP contribution in [0.2, 0.25) is 0 Å². The third-order valence-electron chi connectivity index (χ3n) is 5.07. The van der Waals surface area contributed by atoms with Crippen molar-refractivity contribution >= 4 is 5.97 Å². The van der Waals surface area contributed by atoms with E-state index in [0.717, 1.165) is 19.3 Å². The van der Waals surface area contributed by atoms with Gasteiger partial charge in [-0.2, -0.15) is 0 Å². The van der Waals surface area contributed by atoms with E-state index < -0.39 is 5.54 Å². The molecular formula is C17H31NO2. The molecule has 3 heteroatoms. The Labute approximate surface area is 123 Å². The van der Waals surface area contributed by atoms with Gasteiger partial charge in [-0.05, 0) is 43.9 Å². The summed E-state index contributed by atoms with van der Waals surface area (Å²) in [5, 5.41) is 3.71. The fourth-order valence-corrected chi connectivity index (χ4v) is 4.29. The predicted octanol–water partition coefficient (Wildman–Crippen LogP) is 3.67. The van der Waals surface area contributed by atoms with Crippen molar-refractivity contribution in [3.63, 3.8) is 0 Å². The van der Waals surface area contributed by atoms with Gasteiger partial charge in [-0.1, -0.05) is 39.5 Å². The van der Waals surface area contributed by atoms with Gasteiger partial charge in [0.2, 0.25) is 0 Å². The molecule has 2 atom stereocenters. The molecule has 0 aromatic rings. The topological polar surface area (TPSA) is 38.3 Å². The Balaban J connectivity index is 2.06. The highest BCUT2D eigenvalue weighted by Gasteiger charge is 2.45. The summed E-state index contributed by atoms with van der Waals surface area (Å²) in [7, 11) is 1.53. The largest absolute Gasteiger partial charge is 0.468 e. The lowest BCUT2D eigenvalue weighted by molar-refractivity contribution is -0.151. The summed E-state index contributed by atoms with van der Waals surface area (Å²) in [5.41, 5.74) is -0.401. The van der Waals surface area contributed by atoms with Crippen LogP contribution in [0.1, 0.15) is 71.6 Å². The minimum atomic E-state index is -0.401. The van der Waals surface area contributed by atoms with Gasteiger partial charge in [0.05, 0.1) is 7.11 Å². The molecule has 2 unspecified atom stereocenters. The van der Waals surface area contributed by atoms with Gasteiger partial charge in [0.25, 0.3) is 0 Å².